The largest absolute Gasteiger partial charge is 0.399 e. The van der Waals surface area contributed by atoms with Gasteiger partial charge in [-0.25, -0.2) is 4.39 Å². The van der Waals surface area contributed by atoms with Crippen LogP contribution in [0.1, 0.15) is 5.56 Å². The summed E-state index contributed by atoms with van der Waals surface area (Å²) in [6, 6.07) is 4.38. The van der Waals surface area contributed by atoms with Crippen LogP contribution < -0.4 is 5.73 Å². The minimum atomic E-state index is -0.440. The lowest BCUT2D eigenvalue weighted by atomic mass is 10.2. The van der Waals surface area contributed by atoms with Gasteiger partial charge in [-0.1, -0.05) is 24.2 Å². The van der Waals surface area contributed by atoms with Gasteiger partial charge in [-0.2, -0.15) is 0 Å². The van der Waals surface area contributed by atoms with Gasteiger partial charge in [0.05, 0.1) is 10.6 Å². The molecule has 58 valence electrons. The molecule has 0 saturated carbocycles. The SMILES string of the molecule is C=C(N)c1c(F)cccc1Cl. The Labute approximate surface area is 69.3 Å². The Morgan fingerprint density at radius 1 is 1.55 bits per heavy atom. The van der Waals surface area contributed by atoms with E-state index in [1.165, 1.54) is 12.1 Å². The molecule has 0 radical (unpaired) electrons. The van der Waals surface area contributed by atoms with E-state index in [2.05, 4.69) is 6.58 Å². The quantitative estimate of drug-likeness (QED) is 0.690. The van der Waals surface area contributed by atoms with Crippen molar-refractivity contribution in [1.82, 2.24) is 0 Å². The number of hydrogen-bond donors (Lipinski definition) is 1. The average molecular weight is 172 g/mol. The Kier molecular flexibility index (Phi) is 2.15. The molecule has 0 saturated heterocycles. The first-order valence-electron chi connectivity index (χ1n) is 3.01. The first-order valence-corrected chi connectivity index (χ1v) is 3.39. The molecule has 0 unspecified atom stereocenters. The van der Waals surface area contributed by atoms with Gasteiger partial charge in [0.2, 0.25) is 0 Å². The number of nitrogens with two attached hydrogens (primary N) is 1. The molecule has 0 aromatic heterocycles. The predicted molar refractivity (Wildman–Crippen MR) is 44.6 cm³/mol. The lowest BCUT2D eigenvalue weighted by molar-refractivity contribution is 0.624. The van der Waals surface area contributed by atoms with Crippen LogP contribution in [0, 0.1) is 5.82 Å². The van der Waals surface area contributed by atoms with Gasteiger partial charge in [0.1, 0.15) is 5.82 Å². The summed E-state index contributed by atoms with van der Waals surface area (Å²) in [7, 11) is 0. The maximum Gasteiger partial charge on any atom is 0.133 e. The Balaban J connectivity index is 3.32. The molecule has 11 heavy (non-hydrogen) atoms. The summed E-state index contributed by atoms with van der Waals surface area (Å²) in [5, 5.41) is 0.289. The van der Waals surface area contributed by atoms with E-state index in [1.807, 2.05) is 0 Å². The van der Waals surface area contributed by atoms with Crippen LogP contribution in [0.2, 0.25) is 5.02 Å². The smallest absolute Gasteiger partial charge is 0.133 e. The van der Waals surface area contributed by atoms with Crippen molar-refractivity contribution in [3.63, 3.8) is 0 Å². The standard InChI is InChI=1S/C8H7ClFN/c1-5(11)8-6(9)3-2-4-7(8)10/h2-4H,1,11H2. The van der Waals surface area contributed by atoms with Gasteiger partial charge >= 0.3 is 0 Å². The van der Waals surface area contributed by atoms with E-state index >= 15 is 0 Å². The Bertz CT molecular complexity index is 276. The Morgan fingerprint density at radius 3 is 2.55 bits per heavy atom. The van der Waals surface area contributed by atoms with Gasteiger partial charge in [0.15, 0.2) is 0 Å². The van der Waals surface area contributed by atoms with Gasteiger partial charge in [0, 0.05) is 5.70 Å². The molecule has 0 heterocycles. The van der Waals surface area contributed by atoms with Crippen LogP contribution >= 0.6 is 11.6 Å². The highest BCUT2D eigenvalue weighted by molar-refractivity contribution is 6.32. The highest BCUT2D eigenvalue weighted by atomic mass is 35.5. The van der Waals surface area contributed by atoms with Crippen molar-refractivity contribution in [3.8, 4) is 0 Å². The van der Waals surface area contributed by atoms with Gasteiger partial charge in [0.25, 0.3) is 0 Å². The second-order valence-electron chi connectivity index (χ2n) is 2.12. The van der Waals surface area contributed by atoms with Crippen molar-refractivity contribution in [3.05, 3.63) is 41.2 Å². The summed E-state index contributed by atoms with van der Waals surface area (Å²) in [6.45, 7) is 3.40. The van der Waals surface area contributed by atoms with Crippen molar-refractivity contribution in [2.45, 2.75) is 0 Å². The summed E-state index contributed by atoms with van der Waals surface area (Å²) >= 11 is 5.64. The van der Waals surface area contributed by atoms with Crippen LogP contribution in [0.5, 0.6) is 0 Å². The highest BCUT2D eigenvalue weighted by Gasteiger charge is 2.06. The van der Waals surface area contributed by atoms with E-state index in [9.17, 15) is 4.39 Å². The fourth-order valence-corrected chi connectivity index (χ4v) is 1.09. The third-order valence-electron chi connectivity index (χ3n) is 1.28. The van der Waals surface area contributed by atoms with Crippen molar-refractivity contribution < 1.29 is 4.39 Å². The van der Waals surface area contributed by atoms with E-state index in [4.69, 9.17) is 17.3 Å². The molecule has 1 aromatic carbocycles. The summed E-state index contributed by atoms with van der Waals surface area (Å²) in [5.41, 5.74) is 5.63. The van der Waals surface area contributed by atoms with Crippen LogP contribution in [-0.4, -0.2) is 0 Å². The maximum atomic E-state index is 12.9. The van der Waals surface area contributed by atoms with E-state index < -0.39 is 5.82 Å². The fourth-order valence-electron chi connectivity index (χ4n) is 0.805. The maximum absolute atomic E-state index is 12.9. The van der Waals surface area contributed by atoms with E-state index in [0.29, 0.717) is 0 Å². The van der Waals surface area contributed by atoms with Gasteiger partial charge in [-0.15, -0.1) is 0 Å². The van der Waals surface area contributed by atoms with Crippen LogP contribution in [0.3, 0.4) is 0 Å². The first-order chi connectivity index (χ1) is 5.13. The summed E-state index contributed by atoms with van der Waals surface area (Å²) < 4.78 is 12.9. The first kappa shape index (κ1) is 8.08. The average Bonchev–Trinajstić information content (AvgIpc) is 1.85. The number of benzene rings is 1. The van der Waals surface area contributed by atoms with Gasteiger partial charge in [-0.05, 0) is 12.1 Å². The molecule has 0 bridgehead atoms. The molecule has 0 atom stereocenters. The highest BCUT2D eigenvalue weighted by Crippen LogP contribution is 2.22. The zero-order chi connectivity index (χ0) is 8.43. The second-order valence-corrected chi connectivity index (χ2v) is 2.53. The second kappa shape index (κ2) is 2.93. The zero-order valence-corrected chi connectivity index (χ0v) is 6.53. The molecular formula is C8H7ClFN. The number of hydrogen-bond acceptors (Lipinski definition) is 1. The fraction of sp³-hybridized carbons (Fsp3) is 0. The molecule has 0 aliphatic carbocycles. The zero-order valence-electron chi connectivity index (χ0n) is 5.77. The van der Waals surface area contributed by atoms with Crippen molar-refractivity contribution >= 4 is 17.3 Å². The van der Waals surface area contributed by atoms with E-state index in [0.717, 1.165) is 0 Å². The van der Waals surface area contributed by atoms with Crippen molar-refractivity contribution in [2.24, 2.45) is 5.73 Å². The molecule has 1 nitrogen and oxygen atoms in total. The van der Waals surface area contributed by atoms with E-state index in [1.54, 1.807) is 6.07 Å². The van der Waals surface area contributed by atoms with Gasteiger partial charge < -0.3 is 5.73 Å². The molecule has 0 fully saturated rings. The molecule has 2 N–H and O–H groups in total. The molecule has 3 heteroatoms. The summed E-state index contributed by atoms with van der Waals surface area (Å²) in [5.74, 6) is -0.440. The third kappa shape index (κ3) is 1.52. The van der Waals surface area contributed by atoms with Crippen molar-refractivity contribution in [2.75, 3.05) is 0 Å². The summed E-state index contributed by atoms with van der Waals surface area (Å²) in [4.78, 5) is 0. The molecular weight excluding hydrogens is 165 g/mol. The number of halogens is 2. The van der Waals surface area contributed by atoms with E-state index in [-0.39, 0.29) is 16.3 Å². The lowest BCUT2D eigenvalue weighted by Gasteiger charge is -2.02. The molecule has 0 aliphatic rings. The lowest BCUT2D eigenvalue weighted by Crippen LogP contribution is -1.97. The number of rotatable bonds is 1. The molecule has 1 rings (SSSR count). The van der Waals surface area contributed by atoms with Gasteiger partial charge in [-0.3, -0.25) is 0 Å². The monoisotopic (exact) mass is 171 g/mol. The molecule has 0 aliphatic heterocycles. The summed E-state index contributed by atoms with van der Waals surface area (Å²) in [6.07, 6.45) is 0. The minimum absolute atomic E-state index is 0.146. The third-order valence-corrected chi connectivity index (χ3v) is 1.60. The minimum Gasteiger partial charge on any atom is -0.399 e. The van der Waals surface area contributed by atoms with Crippen molar-refractivity contribution in [1.29, 1.82) is 0 Å². The normalized spacial score (nSPS) is 9.64. The topological polar surface area (TPSA) is 26.0 Å². The Hall–Kier alpha value is -1.02. The molecule has 0 spiro atoms. The van der Waals surface area contributed by atoms with Crippen LogP contribution in [-0.2, 0) is 0 Å². The molecule has 1 aromatic rings. The predicted octanol–water partition coefficient (Wildman–Crippen LogP) is 2.41. The van der Waals surface area contributed by atoms with Crippen LogP contribution in [0.4, 0.5) is 4.39 Å². The van der Waals surface area contributed by atoms with Crippen LogP contribution in [0.25, 0.3) is 5.70 Å². The Morgan fingerprint density at radius 2 is 2.18 bits per heavy atom. The van der Waals surface area contributed by atoms with Crippen LogP contribution in [0.15, 0.2) is 24.8 Å². The molecule has 0 amide bonds.